The normalized spacial score (nSPS) is 14.9. The SMILES string of the molecule is C1=CCc2c(ncc3c2-c2ccccc2C3)C=C1. The molecule has 18 heavy (non-hydrogen) atoms. The minimum absolute atomic E-state index is 0.979. The second-order valence-corrected chi connectivity index (χ2v) is 4.85. The lowest BCUT2D eigenvalue weighted by atomic mass is 9.97. The molecule has 86 valence electrons. The maximum Gasteiger partial charge on any atom is 0.0671 e. The molecule has 0 amide bonds. The summed E-state index contributed by atoms with van der Waals surface area (Å²) in [7, 11) is 0. The highest BCUT2D eigenvalue weighted by Gasteiger charge is 2.22. The zero-order valence-corrected chi connectivity index (χ0v) is 10.1. The topological polar surface area (TPSA) is 12.9 Å². The van der Waals surface area contributed by atoms with Crippen molar-refractivity contribution in [2.24, 2.45) is 0 Å². The predicted molar refractivity (Wildman–Crippen MR) is 74.4 cm³/mol. The number of benzene rings is 1. The van der Waals surface area contributed by atoms with Gasteiger partial charge in [-0.2, -0.15) is 0 Å². The quantitative estimate of drug-likeness (QED) is 0.573. The highest BCUT2D eigenvalue weighted by atomic mass is 14.7. The Morgan fingerprint density at radius 3 is 2.94 bits per heavy atom. The average Bonchev–Trinajstić information content (AvgIpc) is 2.61. The standard InChI is InChI=1S/C17H13N/c1-2-8-15-16(9-3-1)18-11-13-10-12-6-4-5-7-14(12)17(13)15/h1-7,9,11H,8,10H2. The van der Waals surface area contributed by atoms with Crippen LogP contribution in [0.4, 0.5) is 0 Å². The molecular weight excluding hydrogens is 218 g/mol. The van der Waals surface area contributed by atoms with Crippen molar-refractivity contribution in [2.75, 3.05) is 0 Å². The van der Waals surface area contributed by atoms with Gasteiger partial charge in [0.1, 0.15) is 0 Å². The van der Waals surface area contributed by atoms with Gasteiger partial charge >= 0.3 is 0 Å². The molecule has 0 N–H and O–H groups in total. The third-order valence-corrected chi connectivity index (χ3v) is 3.78. The van der Waals surface area contributed by atoms with Crippen LogP contribution in [0.1, 0.15) is 22.4 Å². The number of nitrogens with zero attached hydrogens (tertiary/aromatic N) is 1. The van der Waals surface area contributed by atoms with E-state index in [2.05, 4.69) is 53.6 Å². The van der Waals surface area contributed by atoms with Gasteiger partial charge in [-0.05, 0) is 40.3 Å². The summed E-state index contributed by atoms with van der Waals surface area (Å²) in [6.07, 6.45) is 12.6. The molecule has 1 nitrogen and oxygen atoms in total. The van der Waals surface area contributed by atoms with Crippen LogP contribution in [-0.4, -0.2) is 4.98 Å². The highest BCUT2D eigenvalue weighted by molar-refractivity contribution is 5.81. The Labute approximate surface area is 107 Å². The number of hydrogen-bond donors (Lipinski definition) is 0. The van der Waals surface area contributed by atoms with E-state index < -0.39 is 0 Å². The van der Waals surface area contributed by atoms with E-state index in [0.29, 0.717) is 0 Å². The summed E-state index contributed by atoms with van der Waals surface area (Å²) in [5.41, 5.74) is 8.12. The first kappa shape index (κ1) is 9.84. The van der Waals surface area contributed by atoms with E-state index in [9.17, 15) is 0 Å². The Bertz CT molecular complexity index is 693. The van der Waals surface area contributed by atoms with Gasteiger partial charge in [-0.25, -0.2) is 0 Å². The fourth-order valence-corrected chi connectivity index (χ4v) is 2.97. The molecule has 4 rings (SSSR count). The molecule has 0 bridgehead atoms. The Morgan fingerprint density at radius 2 is 1.94 bits per heavy atom. The molecule has 0 saturated heterocycles. The van der Waals surface area contributed by atoms with Crippen LogP contribution in [0, 0.1) is 0 Å². The molecule has 0 spiro atoms. The number of rotatable bonds is 0. The molecule has 0 unspecified atom stereocenters. The van der Waals surface area contributed by atoms with Crippen molar-refractivity contribution in [1.82, 2.24) is 4.98 Å². The van der Waals surface area contributed by atoms with E-state index in [1.54, 1.807) is 0 Å². The molecule has 0 fully saturated rings. The van der Waals surface area contributed by atoms with E-state index in [1.807, 2.05) is 6.20 Å². The summed E-state index contributed by atoms with van der Waals surface area (Å²) in [6, 6.07) is 8.71. The van der Waals surface area contributed by atoms with Crippen LogP contribution in [0.2, 0.25) is 0 Å². The van der Waals surface area contributed by atoms with Gasteiger partial charge in [-0.15, -0.1) is 0 Å². The van der Waals surface area contributed by atoms with Gasteiger partial charge in [0.25, 0.3) is 0 Å². The fraction of sp³-hybridized carbons (Fsp3) is 0.118. The smallest absolute Gasteiger partial charge is 0.0671 e. The zero-order valence-electron chi connectivity index (χ0n) is 10.1. The van der Waals surface area contributed by atoms with Crippen molar-refractivity contribution in [3.63, 3.8) is 0 Å². The van der Waals surface area contributed by atoms with Crippen LogP contribution in [0.3, 0.4) is 0 Å². The third-order valence-electron chi connectivity index (χ3n) is 3.78. The monoisotopic (exact) mass is 231 g/mol. The molecule has 1 heterocycles. The van der Waals surface area contributed by atoms with Gasteiger partial charge in [0, 0.05) is 12.6 Å². The Kier molecular flexibility index (Phi) is 2.01. The molecule has 0 radical (unpaired) electrons. The van der Waals surface area contributed by atoms with Gasteiger partial charge in [0.05, 0.1) is 5.69 Å². The van der Waals surface area contributed by atoms with Gasteiger partial charge in [0.15, 0.2) is 0 Å². The first-order chi connectivity index (χ1) is 8.93. The molecule has 1 aromatic heterocycles. The summed E-state index contributed by atoms with van der Waals surface area (Å²) >= 11 is 0. The number of allylic oxidation sites excluding steroid dienone is 3. The number of hydrogen-bond acceptors (Lipinski definition) is 1. The first-order valence-electron chi connectivity index (χ1n) is 6.36. The van der Waals surface area contributed by atoms with E-state index in [1.165, 1.54) is 27.8 Å². The van der Waals surface area contributed by atoms with E-state index in [-0.39, 0.29) is 0 Å². The molecule has 0 aliphatic heterocycles. The molecule has 0 atom stereocenters. The number of aromatic nitrogens is 1. The van der Waals surface area contributed by atoms with Gasteiger partial charge < -0.3 is 0 Å². The average molecular weight is 231 g/mol. The lowest BCUT2D eigenvalue weighted by molar-refractivity contribution is 1.13. The van der Waals surface area contributed by atoms with E-state index in [0.717, 1.165) is 18.5 Å². The molecule has 2 aromatic rings. The second kappa shape index (κ2) is 3.67. The van der Waals surface area contributed by atoms with Crippen molar-refractivity contribution in [3.8, 4) is 11.1 Å². The lowest BCUT2D eigenvalue weighted by Crippen LogP contribution is -1.96. The van der Waals surface area contributed by atoms with Crippen molar-refractivity contribution in [1.29, 1.82) is 0 Å². The molecule has 0 saturated carbocycles. The molecule has 2 aliphatic carbocycles. The van der Waals surface area contributed by atoms with E-state index >= 15 is 0 Å². The van der Waals surface area contributed by atoms with Crippen molar-refractivity contribution >= 4 is 6.08 Å². The van der Waals surface area contributed by atoms with Gasteiger partial charge in [-0.1, -0.05) is 42.5 Å². The van der Waals surface area contributed by atoms with Gasteiger partial charge in [0.2, 0.25) is 0 Å². The first-order valence-corrected chi connectivity index (χ1v) is 6.36. The Hall–Kier alpha value is -2.15. The van der Waals surface area contributed by atoms with Crippen molar-refractivity contribution in [2.45, 2.75) is 12.8 Å². The molecule has 1 aromatic carbocycles. The maximum atomic E-state index is 4.61. The summed E-state index contributed by atoms with van der Waals surface area (Å²) in [5, 5.41) is 0. The minimum atomic E-state index is 0.979. The molecular formula is C17H13N. The highest BCUT2D eigenvalue weighted by Crippen LogP contribution is 2.40. The van der Waals surface area contributed by atoms with Crippen LogP contribution in [0.5, 0.6) is 0 Å². The van der Waals surface area contributed by atoms with Crippen LogP contribution in [0.25, 0.3) is 17.2 Å². The minimum Gasteiger partial charge on any atom is -0.256 e. The Morgan fingerprint density at radius 1 is 1.00 bits per heavy atom. The summed E-state index contributed by atoms with van der Waals surface area (Å²) < 4.78 is 0. The summed E-state index contributed by atoms with van der Waals surface area (Å²) in [6.45, 7) is 0. The van der Waals surface area contributed by atoms with Crippen LogP contribution in [-0.2, 0) is 12.8 Å². The summed E-state index contributed by atoms with van der Waals surface area (Å²) in [5.74, 6) is 0. The van der Waals surface area contributed by atoms with Crippen molar-refractivity contribution < 1.29 is 0 Å². The molecule has 1 heteroatoms. The maximum absolute atomic E-state index is 4.61. The summed E-state index contributed by atoms with van der Waals surface area (Å²) in [4.78, 5) is 4.61. The lowest BCUT2D eigenvalue weighted by Gasteiger charge is -2.10. The number of pyridine rings is 1. The zero-order chi connectivity index (χ0) is 11.9. The van der Waals surface area contributed by atoms with Crippen molar-refractivity contribution in [3.05, 3.63) is 71.1 Å². The molecule has 2 aliphatic rings. The van der Waals surface area contributed by atoms with Crippen LogP contribution in [0.15, 0.2) is 48.7 Å². The third kappa shape index (κ3) is 1.31. The van der Waals surface area contributed by atoms with Crippen LogP contribution < -0.4 is 0 Å². The second-order valence-electron chi connectivity index (χ2n) is 4.85. The van der Waals surface area contributed by atoms with Crippen LogP contribution >= 0.6 is 0 Å². The fourth-order valence-electron chi connectivity index (χ4n) is 2.97. The predicted octanol–water partition coefficient (Wildman–Crippen LogP) is 3.78. The Balaban J connectivity index is 2.04. The number of fused-ring (bicyclic) bond motifs is 5. The van der Waals surface area contributed by atoms with E-state index in [4.69, 9.17) is 0 Å². The largest absolute Gasteiger partial charge is 0.256 e. The van der Waals surface area contributed by atoms with Gasteiger partial charge in [-0.3, -0.25) is 4.98 Å².